The number of thiazole rings is 1. The fourth-order valence-electron chi connectivity index (χ4n) is 1.59. The highest BCUT2D eigenvalue weighted by molar-refractivity contribution is 7.22. The number of carbonyl (C=O) groups is 1. The molecule has 2 rings (SSSR count). The van der Waals surface area contributed by atoms with Gasteiger partial charge in [-0.25, -0.2) is 4.98 Å². The summed E-state index contributed by atoms with van der Waals surface area (Å²) in [5.74, 6) is -0.284. The van der Waals surface area contributed by atoms with Crippen molar-refractivity contribution in [2.75, 3.05) is 19.0 Å². The Morgan fingerprint density at radius 2 is 2.32 bits per heavy atom. The number of ether oxygens (including phenoxy) is 1. The first-order chi connectivity index (χ1) is 8.61. The SMILES string of the molecule is COCC(N)C(=O)Nc1nc2c(C)cccc2s1.Cl. The van der Waals surface area contributed by atoms with Crippen molar-refractivity contribution < 1.29 is 9.53 Å². The van der Waals surface area contributed by atoms with Crippen LogP contribution in [-0.2, 0) is 9.53 Å². The van der Waals surface area contributed by atoms with E-state index in [-0.39, 0.29) is 24.9 Å². The third-order valence-electron chi connectivity index (χ3n) is 2.53. The average molecular weight is 302 g/mol. The molecule has 0 aliphatic rings. The van der Waals surface area contributed by atoms with E-state index in [2.05, 4.69) is 10.3 Å². The summed E-state index contributed by atoms with van der Waals surface area (Å²) in [7, 11) is 1.51. The van der Waals surface area contributed by atoms with E-state index in [4.69, 9.17) is 10.5 Å². The van der Waals surface area contributed by atoms with Crippen LogP contribution >= 0.6 is 23.7 Å². The van der Waals surface area contributed by atoms with E-state index in [0.717, 1.165) is 15.8 Å². The van der Waals surface area contributed by atoms with Gasteiger partial charge in [0.25, 0.3) is 0 Å². The van der Waals surface area contributed by atoms with Gasteiger partial charge in [0.05, 0.1) is 16.8 Å². The molecule has 3 N–H and O–H groups in total. The number of hydrogen-bond donors (Lipinski definition) is 2. The molecule has 2 aromatic rings. The first-order valence-corrected chi connectivity index (χ1v) is 6.35. The Balaban J connectivity index is 0.00000180. The molecule has 1 amide bonds. The van der Waals surface area contributed by atoms with E-state index in [9.17, 15) is 4.79 Å². The van der Waals surface area contributed by atoms with Gasteiger partial charge in [-0.05, 0) is 18.6 Å². The van der Waals surface area contributed by atoms with Gasteiger partial charge >= 0.3 is 0 Å². The molecular weight excluding hydrogens is 286 g/mol. The van der Waals surface area contributed by atoms with Gasteiger partial charge in [-0.15, -0.1) is 12.4 Å². The van der Waals surface area contributed by atoms with Crippen LogP contribution in [-0.4, -0.2) is 30.6 Å². The van der Waals surface area contributed by atoms with Crippen LogP contribution in [0.15, 0.2) is 18.2 Å². The molecule has 0 saturated heterocycles. The molecule has 0 spiro atoms. The number of hydrogen-bond acceptors (Lipinski definition) is 5. The normalized spacial score (nSPS) is 11.9. The van der Waals surface area contributed by atoms with Gasteiger partial charge in [-0.3, -0.25) is 4.79 Å². The lowest BCUT2D eigenvalue weighted by molar-refractivity contribution is -0.118. The fraction of sp³-hybridized carbons (Fsp3) is 0.333. The number of carbonyl (C=O) groups excluding carboxylic acids is 1. The van der Waals surface area contributed by atoms with E-state index in [1.807, 2.05) is 25.1 Å². The van der Waals surface area contributed by atoms with Gasteiger partial charge in [-0.1, -0.05) is 23.5 Å². The molecular formula is C12H16ClN3O2S. The van der Waals surface area contributed by atoms with Crippen molar-refractivity contribution in [3.05, 3.63) is 23.8 Å². The second kappa shape index (κ2) is 6.81. The average Bonchev–Trinajstić information content (AvgIpc) is 2.73. The van der Waals surface area contributed by atoms with Crippen molar-refractivity contribution in [1.82, 2.24) is 4.98 Å². The largest absolute Gasteiger partial charge is 0.383 e. The lowest BCUT2D eigenvalue weighted by atomic mass is 10.2. The smallest absolute Gasteiger partial charge is 0.245 e. The first kappa shape index (κ1) is 15.8. The van der Waals surface area contributed by atoms with E-state index in [0.29, 0.717) is 5.13 Å². The molecule has 0 saturated carbocycles. The van der Waals surface area contributed by atoms with Crippen LogP contribution in [0.1, 0.15) is 5.56 Å². The number of nitrogens with zero attached hydrogens (tertiary/aromatic N) is 1. The Kier molecular flexibility index (Phi) is 5.68. The number of benzene rings is 1. The summed E-state index contributed by atoms with van der Waals surface area (Å²) in [4.78, 5) is 16.1. The highest BCUT2D eigenvalue weighted by Gasteiger charge is 2.15. The summed E-state index contributed by atoms with van der Waals surface area (Å²) < 4.78 is 5.88. The Labute approximate surface area is 121 Å². The number of amides is 1. The molecule has 5 nitrogen and oxygen atoms in total. The predicted molar refractivity (Wildman–Crippen MR) is 80.1 cm³/mol. The summed E-state index contributed by atoms with van der Waals surface area (Å²) in [6.45, 7) is 2.18. The molecule has 1 heterocycles. The lowest BCUT2D eigenvalue weighted by Crippen LogP contribution is -2.39. The van der Waals surface area contributed by atoms with Crippen LogP contribution in [0, 0.1) is 6.92 Å². The van der Waals surface area contributed by atoms with Crippen molar-refractivity contribution >= 4 is 45.0 Å². The Bertz CT molecular complexity index is 573. The van der Waals surface area contributed by atoms with Crippen LogP contribution in [0.5, 0.6) is 0 Å². The van der Waals surface area contributed by atoms with Gasteiger partial charge in [0.2, 0.25) is 5.91 Å². The van der Waals surface area contributed by atoms with Gasteiger partial charge < -0.3 is 15.8 Å². The number of nitrogens with one attached hydrogen (secondary N) is 1. The second-order valence-electron chi connectivity index (χ2n) is 3.99. The first-order valence-electron chi connectivity index (χ1n) is 5.53. The number of fused-ring (bicyclic) bond motifs is 1. The zero-order chi connectivity index (χ0) is 13.1. The van der Waals surface area contributed by atoms with E-state index in [1.165, 1.54) is 18.4 Å². The zero-order valence-electron chi connectivity index (χ0n) is 10.7. The maximum absolute atomic E-state index is 11.7. The number of rotatable bonds is 4. The molecule has 0 aliphatic carbocycles. The Hall–Kier alpha value is -1.21. The summed E-state index contributed by atoms with van der Waals surface area (Å²) in [5.41, 5.74) is 7.64. The molecule has 0 bridgehead atoms. The van der Waals surface area contributed by atoms with Crippen LogP contribution < -0.4 is 11.1 Å². The maximum atomic E-state index is 11.7. The monoisotopic (exact) mass is 301 g/mol. The van der Waals surface area contributed by atoms with Crippen molar-refractivity contribution in [3.8, 4) is 0 Å². The van der Waals surface area contributed by atoms with Crippen molar-refractivity contribution in [1.29, 1.82) is 0 Å². The molecule has 0 fully saturated rings. The number of nitrogens with two attached hydrogens (primary N) is 1. The molecule has 0 radical (unpaired) electrons. The number of para-hydroxylation sites is 1. The second-order valence-corrected chi connectivity index (χ2v) is 5.02. The Morgan fingerprint density at radius 3 is 2.95 bits per heavy atom. The summed E-state index contributed by atoms with van der Waals surface area (Å²) in [6, 6.07) is 5.26. The summed E-state index contributed by atoms with van der Waals surface area (Å²) in [6.07, 6.45) is 0. The maximum Gasteiger partial charge on any atom is 0.245 e. The highest BCUT2D eigenvalue weighted by atomic mass is 35.5. The third-order valence-corrected chi connectivity index (χ3v) is 3.47. The van der Waals surface area contributed by atoms with Crippen molar-refractivity contribution in [2.45, 2.75) is 13.0 Å². The quantitative estimate of drug-likeness (QED) is 0.905. The number of aromatic nitrogens is 1. The van der Waals surface area contributed by atoms with Gasteiger partial charge in [0, 0.05) is 7.11 Å². The molecule has 7 heteroatoms. The number of aryl methyl sites for hydroxylation is 1. The zero-order valence-corrected chi connectivity index (χ0v) is 12.3. The van der Waals surface area contributed by atoms with Crippen LogP contribution in [0.2, 0.25) is 0 Å². The van der Waals surface area contributed by atoms with E-state index >= 15 is 0 Å². The number of anilines is 1. The minimum absolute atomic E-state index is 0. The summed E-state index contributed by atoms with van der Waals surface area (Å²) >= 11 is 1.44. The molecule has 1 aromatic heterocycles. The third kappa shape index (κ3) is 3.63. The van der Waals surface area contributed by atoms with Gasteiger partial charge in [0.1, 0.15) is 6.04 Å². The van der Waals surface area contributed by atoms with Gasteiger partial charge in [-0.2, -0.15) is 0 Å². The van der Waals surface area contributed by atoms with Crippen molar-refractivity contribution in [3.63, 3.8) is 0 Å². The van der Waals surface area contributed by atoms with E-state index < -0.39 is 6.04 Å². The number of halogens is 1. The lowest BCUT2D eigenvalue weighted by Gasteiger charge is -2.08. The van der Waals surface area contributed by atoms with Gasteiger partial charge in [0.15, 0.2) is 5.13 Å². The van der Waals surface area contributed by atoms with Crippen LogP contribution in [0.25, 0.3) is 10.2 Å². The molecule has 104 valence electrons. The molecule has 1 unspecified atom stereocenters. The Morgan fingerprint density at radius 1 is 1.58 bits per heavy atom. The molecule has 1 aromatic carbocycles. The fourth-order valence-corrected chi connectivity index (χ4v) is 2.54. The standard InChI is InChI=1S/C12H15N3O2S.ClH/c1-7-4-3-5-9-10(7)14-12(18-9)15-11(16)8(13)6-17-2;/h3-5,8H,6,13H2,1-2H3,(H,14,15,16);1H. The number of methoxy groups -OCH3 is 1. The molecule has 0 aliphatic heterocycles. The van der Waals surface area contributed by atoms with Crippen LogP contribution in [0.3, 0.4) is 0 Å². The minimum Gasteiger partial charge on any atom is -0.383 e. The van der Waals surface area contributed by atoms with Crippen molar-refractivity contribution in [2.24, 2.45) is 5.73 Å². The highest BCUT2D eigenvalue weighted by Crippen LogP contribution is 2.27. The molecule has 19 heavy (non-hydrogen) atoms. The summed E-state index contributed by atoms with van der Waals surface area (Å²) in [5, 5.41) is 3.27. The topological polar surface area (TPSA) is 77.2 Å². The van der Waals surface area contributed by atoms with E-state index in [1.54, 1.807) is 0 Å². The van der Waals surface area contributed by atoms with Crippen LogP contribution in [0.4, 0.5) is 5.13 Å². The minimum atomic E-state index is -0.678. The predicted octanol–water partition coefficient (Wildman–Crippen LogP) is 1.94. The molecule has 1 atom stereocenters.